The van der Waals surface area contributed by atoms with Crippen LogP contribution in [0.2, 0.25) is 0 Å². The van der Waals surface area contributed by atoms with Gasteiger partial charge in [0.2, 0.25) is 0 Å². The van der Waals surface area contributed by atoms with Gasteiger partial charge in [-0.15, -0.1) is 0 Å². The third-order valence-corrected chi connectivity index (χ3v) is 3.55. The lowest BCUT2D eigenvalue weighted by Gasteiger charge is -2.23. The van der Waals surface area contributed by atoms with E-state index in [4.69, 9.17) is 5.11 Å². The maximum absolute atomic E-state index is 11.0. The molecule has 0 saturated carbocycles. The van der Waals surface area contributed by atoms with Crippen molar-refractivity contribution in [3.63, 3.8) is 0 Å². The SMILES string of the molecule is C/C=C1/N(C)c2ccc(C(=O)O)cc2C1(C)C. The molecule has 3 nitrogen and oxygen atoms in total. The fourth-order valence-electron chi connectivity index (χ4n) is 2.70. The summed E-state index contributed by atoms with van der Waals surface area (Å²) in [6, 6.07) is 5.33. The Morgan fingerprint density at radius 2 is 2.06 bits per heavy atom. The van der Waals surface area contributed by atoms with Crippen LogP contribution < -0.4 is 4.90 Å². The maximum Gasteiger partial charge on any atom is 0.335 e. The number of aromatic carboxylic acids is 1. The van der Waals surface area contributed by atoms with Gasteiger partial charge in [-0.1, -0.05) is 19.9 Å². The summed E-state index contributed by atoms with van der Waals surface area (Å²) in [5, 5.41) is 9.05. The van der Waals surface area contributed by atoms with E-state index < -0.39 is 5.97 Å². The van der Waals surface area contributed by atoms with Crippen LogP contribution in [0.4, 0.5) is 5.69 Å². The molecule has 0 aromatic heterocycles. The van der Waals surface area contributed by atoms with Crippen LogP contribution >= 0.6 is 0 Å². The van der Waals surface area contributed by atoms with Crippen molar-refractivity contribution in [2.24, 2.45) is 0 Å². The normalized spacial score (nSPS) is 19.5. The van der Waals surface area contributed by atoms with Crippen LogP contribution in [-0.4, -0.2) is 18.1 Å². The van der Waals surface area contributed by atoms with Crippen molar-refractivity contribution in [2.75, 3.05) is 11.9 Å². The largest absolute Gasteiger partial charge is 0.478 e. The molecule has 1 aromatic rings. The number of carbonyl (C=O) groups is 1. The fourth-order valence-corrected chi connectivity index (χ4v) is 2.70. The number of carboxylic acids is 1. The zero-order valence-corrected chi connectivity index (χ0v) is 10.6. The third kappa shape index (κ3) is 1.54. The van der Waals surface area contributed by atoms with Crippen LogP contribution in [0.3, 0.4) is 0 Å². The molecule has 2 rings (SSSR count). The van der Waals surface area contributed by atoms with E-state index in [-0.39, 0.29) is 5.41 Å². The predicted octanol–water partition coefficient (Wildman–Crippen LogP) is 3.02. The standard InChI is InChI=1S/C14H17NO2/c1-5-12-14(2,3)10-8-9(13(16)17)6-7-11(10)15(12)4/h5-8H,1-4H3,(H,16,17)/b12-5+. The van der Waals surface area contributed by atoms with E-state index in [0.29, 0.717) is 5.56 Å². The van der Waals surface area contributed by atoms with Gasteiger partial charge in [0.15, 0.2) is 0 Å². The van der Waals surface area contributed by atoms with Crippen molar-refractivity contribution in [1.82, 2.24) is 0 Å². The average Bonchev–Trinajstić information content (AvgIpc) is 2.46. The number of allylic oxidation sites excluding steroid dienone is 2. The molecular formula is C14H17NO2. The molecule has 0 spiro atoms. The Hall–Kier alpha value is -1.77. The summed E-state index contributed by atoms with van der Waals surface area (Å²) < 4.78 is 0. The Bertz CT molecular complexity index is 515. The molecule has 1 aliphatic rings. The van der Waals surface area contributed by atoms with E-state index in [1.807, 2.05) is 20.0 Å². The smallest absolute Gasteiger partial charge is 0.335 e. The molecule has 17 heavy (non-hydrogen) atoms. The lowest BCUT2D eigenvalue weighted by atomic mass is 9.83. The molecule has 1 heterocycles. The number of benzene rings is 1. The van der Waals surface area contributed by atoms with E-state index in [1.165, 1.54) is 5.70 Å². The van der Waals surface area contributed by atoms with Crippen molar-refractivity contribution in [3.05, 3.63) is 41.1 Å². The molecule has 3 heteroatoms. The minimum atomic E-state index is -0.875. The summed E-state index contributed by atoms with van der Waals surface area (Å²) in [7, 11) is 2.02. The number of rotatable bonds is 1. The summed E-state index contributed by atoms with van der Waals surface area (Å²) >= 11 is 0. The monoisotopic (exact) mass is 231 g/mol. The molecule has 0 aliphatic carbocycles. The lowest BCUT2D eigenvalue weighted by Crippen LogP contribution is -2.22. The highest BCUT2D eigenvalue weighted by Crippen LogP contribution is 2.46. The second kappa shape index (κ2) is 3.62. The highest BCUT2D eigenvalue weighted by Gasteiger charge is 2.38. The number of likely N-dealkylation sites (N-methyl/N-ethyl adjacent to an activating group) is 1. The van der Waals surface area contributed by atoms with E-state index >= 15 is 0 Å². The number of nitrogens with zero attached hydrogens (tertiary/aromatic N) is 1. The molecule has 90 valence electrons. The average molecular weight is 231 g/mol. The van der Waals surface area contributed by atoms with Gasteiger partial charge in [0.25, 0.3) is 0 Å². The molecule has 0 unspecified atom stereocenters. The first-order valence-electron chi connectivity index (χ1n) is 5.68. The summed E-state index contributed by atoms with van der Waals surface area (Å²) in [4.78, 5) is 13.1. The van der Waals surface area contributed by atoms with Crippen molar-refractivity contribution in [1.29, 1.82) is 0 Å². The molecule has 0 saturated heterocycles. The third-order valence-electron chi connectivity index (χ3n) is 3.55. The van der Waals surface area contributed by atoms with E-state index in [2.05, 4.69) is 24.8 Å². The molecule has 0 fully saturated rings. The van der Waals surface area contributed by atoms with Crippen LogP contribution in [0.1, 0.15) is 36.7 Å². The number of fused-ring (bicyclic) bond motifs is 1. The zero-order valence-electron chi connectivity index (χ0n) is 10.6. The van der Waals surface area contributed by atoms with E-state index in [0.717, 1.165) is 11.3 Å². The highest BCUT2D eigenvalue weighted by atomic mass is 16.4. The predicted molar refractivity (Wildman–Crippen MR) is 68.6 cm³/mol. The van der Waals surface area contributed by atoms with Crippen LogP contribution in [0.15, 0.2) is 30.0 Å². The fraction of sp³-hybridized carbons (Fsp3) is 0.357. The molecule has 1 aromatic carbocycles. The number of hydrogen-bond acceptors (Lipinski definition) is 2. The van der Waals surface area contributed by atoms with Gasteiger partial charge in [-0.05, 0) is 30.7 Å². The second-order valence-corrected chi connectivity index (χ2v) is 4.90. The summed E-state index contributed by atoms with van der Waals surface area (Å²) in [5.74, 6) is -0.875. The van der Waals surface area contributed by atoms with Crippen LogP contribution in [0, 0.1) is 0 Å². The van der Waals surface area contributed by atoms with Gasteiger partial charge in [-0.2, -0.15) is 0 Å². The summed E-state index contributed by atoms with van der Waals surface area (Å²) in [6.45, 7) is 6.25. The minimum absolute atomic E-state index is 0.135. The van der Waals surface area contributed by atoms with Gasteiger partial charge in [0.1, 0.15) is 0 Å². The zero-order chi connectivity index (χ0) is 12.8. The Labute approximate surface area is 101 Å². The van der Waals surface area contributed by atoms with Crippen molar-refractivity contribution in [3.8, 4) is 0 Å². The number of carboxylic acid groups (broad SMARTS) is 1. The Balaban J connectivity index is 2.66. The maximum atomic E-state index is 11.0. The van der Waals surface area contributed by atoms with Gasteiger partial charge in [-0.25, -0.2) is 4.79 Å². The van der Waals surface area contributed by atoms with E-state index in [1.54, 1.807) is 12.1 Å². The first-order chi connectivity index (χ1) is 7.89. The molecule has 1 aliphatic heterocycles. The van der Waals surface area contributed by atoms with Gasteiger partial charge in [0.05, 0.1) is 5.56 Å². The molecular weight excluding hydrogens is 214 g/mol. The van der Waals surface area contributed by atoms with Gasteiger partial charge >= 0.3 is 5.97 Å². The summed E-state index contributed by atoms with van der Waals surface area (Å²) in [6.07, 6.45) is 2.08. The molecule has 0 bridgehead atoms. The van der Waals surface area contributed by atoms with Crippen molar-refractivity contribution in [2.45, 2.75) is 26.2 Å². The first kappa shape index (κ1) is 11.7. The second-order valence-electron chi connectivity index (χ2n) is 4.90. The lowest BCUT2D eigenvalue weighted by molar-refractivity contribution is 0.0697. The van der Waals surface area contributed by atoms with Crippen LogP contribution in [-0.2, 0) is 5.41 Å². The van der Waals surface area contributed by atoms with Crippen LogP contribution in [0.5, 0.6) is 0 Å². The Morgan fingerprint density at radius 1 is 1.41 bits per heavy atom. The van der Waals surface area contributed by atoms with Crippen molar-refractivity contribution >= 4 is 11.7 Å². The molecule has 0 atom stereocenters. The number of anilines is 1. The molecule has 0 radical (unpaired) electrons. The highest BCUT2D eigenvalue weighted by molar-refractivity contribution is 5.89. The van der Waals surface area contributed by atoms with Gasteiger partial charge in [-0.3, -0.25) is 0 Å². The molecule has 0 amide bonds. The Morgan fingerprint density at radius 3 is 2.59 bits per heavy atom. The van der Waals surface area contributed by atoms with Gasteiger partial charge < -0.3 is 10.0 Å². The quantitative estimate of drug-likeness (QED) is 0.807. The molecule has 1 N–H and O–H groups in total. The van der Waals surface area contributed by atoms with Crippen molar-refractivity contribution < 1.29 is 9.90 Å². The van der Waals surface area contributed by atoms with Crippen LogP contribution in [0.25, 0.3) is 0 Å². The Kier molecular flexibility index (Phi) is 2.49. The van der Waals surface area contributed by atoms with E-state index in [9.17, 15) is 4.79 Å². The topological polar surface area (TPSA) is 40.5 Å². The first-order valence-corrected chi connectivity index (χ1v) is 5.68. The number of hydrogen-bond donors (Lipinski definition) is 1. The summed E-state index contributed by atoms with van der Waals surface area (Å²) in [5.41, 5.74) is 3.59. The minimum Gasteiger partial charge on any atom is -0.478 e. The van der Waals surface area contributed by atoms with Gasteiger partial charge in [0, 0.05) is 23.8 Å².